The van der Waals surface area contributed by atoms with E-state index in [0.29, 0.717) is 10.7 Å². The number of benzene rings is 2. The first kappa shape index (κ1) is 12.0. The second-order valence-corrected chi connectivity index (χ2v) is 5.47. The van der Waals surface area contributed by atoms with Crippen LogP contribution < -0.4 is 4.72 Å². The smallest absolute Gasteiger partial charge is 0.261 e. The van der Waals surface area contributed by atoms with Crippen LogP contribution in [0, 0.1) is 6.07 Å². The maximum absolute atomic E-state index is 12.0. The molecular formula is C12H9ClNO2S. The molecule has 0 aliphatic carbocycles. The SMILES string of the molecule is O=S(=O)(Nc1c[c]ccc1)c1cccc(Cl)c1. The Labute approximate surface area is 105 Å². The van der Waals surface area contributed by atoms with Crippen molar-refractivity contribution >= 4 is 27.3 Å². The molecule has 0 saturated carbocycles. The van der Waals surface area contributed by atoms with Crippen LogP contribution in [0.1, 0.15) is 0 Å². The van der Waals surface area contributed by atoms with Crippen molar-refractivity contribution in [2.75, 3.05) is 4.72 Å². The number of hydrogen-bond donors (Lipinski definition) is 1. The fraction of sp³-hybridized carbons (Fsp3) is 0. The molecule has 2 rings (SSSR count). The van der Waals surface area contributed by atoms with Crippen LogP contribution >= 0.6 is 11.6 Å². The van der Waals surface area contributed by atoms with Crippen molar-refractivity contribution < 1.29 is 8.42 Å². The van der Waals surface area contributed by atoms with E-state index < -0.39 is 10.0 Å². The van der Waals surface area contributed by atoms with Crippen molar-refractivity contribution in [3.05, 3.63) is 59.6 Å². The molecule has 0 heterocycles. The highest BCUT2D eigenvalue weighted by atomic mass is 35.5. The lowest BCUT2D eigenvalue weighted by molar-refractivity contribution is 0.601. The fourth-order valence-electron chi connectivity index (χ4n) is 1.31. The summed E-state index contributed by atoms with van der Waals surface area (Å²) in [6, 6.07) is 15.5. The molecule has 0 aliphatic rings. The van der Waals surface area contributed by atoms with E-state index in [0.717, 1.165) is 0 Å². The van der Waals surface area contributed by atoms with E-state index in [9.17, 15) is 8.42 Å². The van der Waals surface area contributed by atoms with Crippen molar-refractivity contribution in [2.45, 2.75) is 4.90 Å². The Morgan fingerprint density at radius 2 is 2.00 bits per heavy atom. The summed E-state index contributed by atoms with van der Waals surface area (Å²) in [6.07, 6.45) is 0. The highest BCUT2D eigenvalue weighted by Gasteiger charge is 2.13. The Balaban J connectivity index is 2.32. The van der Waals surface area contributed by atoms with Crippen molar-refractivity contribution in [2.24, 2.45) is 0 Å². The van der Waals surface area contributed by atoms with Gasteiger partial charge in [0.15, 0.2) is 0 Å². The number of sulfonamides is 1. The average Bonchev–Trinajstić information content (AvgIpc) is 2.30. The van der Waals surface area contributed by atoms with E-state index in [1.807, 2.05) is 0 Å². The lowest BCUT2D eigenvalue weighted by atomic mass is 10.3. The Bertz CT molecular complexity index is 611. The summed E-state index contributed by atoms with van der Waals surface area (Å²) in [7, 11) is -3.59. The van der Waals surface area contributed by atoms with Crippen molar-refractivity contribution in [1.82, 2.24) is 0 Å². The van der Waals surface area contributed by atoms with E-state index >= 15 is 0 Å². The van der Waals surface area contributed by atoms with Gasteiger partial charge in [-0.15, -0.1) is 0 Å². The molecule has 2 aromatic rings. The Morgan fingerprint density at radius 3 is 2.65 bits per heavy atom. The highest BCUT2D eigenvalue weighted by Crippen LogP contribution is 2.18. The molecule has 0 unspecified atom stereocenters. The quantitative estimate of drug-likeness (QED) is 0.928. The van der Waals surface area contributed by atoms with Crippen LogP contribution in [0.2, 0.25) is 5.02 Å². The topological polar surface area (TPSA) is 46.2 Å². The molecule has 2 aromatic carbocycles. The molecule has 17 heavy (non-hydrogen) atoms. The first-order valence-corrected chi connectivity index (χ1v) is 6.68. The van der Waals surface area contributed by atoms with Crippen LogP contribution in [-0.2, 0) is 10.0 Å². The summed E-state index contributed by atoms with van der Waals surface area (Å²) in [4.78, 5) is 0.133. The molecule has 0 fully saturated rings. The number of hydrogen-bond acceptors (Lipinski definition) is 2. The first-order valence-electron chi connectivity index (χ1n) is 4.82. The Kier molecular flexibility index (Phi) is 3.36. The van der Waals surface area contributed by atoms with Crippen LogP contribution in [-0.4, -0.2) is 8.42 Å². The van der Waals surface area contributed by atoms with E-state index in [4.69, 9.17) is 11.6 Å². The van der Waals surface area contributed by atoms with Crippen molar-refractivity contribution in [3.8, 4) is 0 Å². The molecule has 87 valence electrons. The molecule has 0 aromatic heterocycles. The van der Waals surface area contributed by atoms with E-state index in [2.05, 4.69) is 10.8 Å². The van der Waals surface area contributed by atoms with Gasteiger partial charge in [-0.1, -0.05) is 29.8 Å². The average molecular weight is 267 g/mol. The van der Waals surface area contributed by atoms with Gasteiger partial charge in [-0.05, 0) is 36.4 Å². The summed E-state index contributed by atoms with van der Waals surface area (Å²) in [5.74, 6) is 0. The molecule has 0 atom stereocenters. The molecule has 1 N–H and O–H groups in total. The minimum atomic E-state index is -3.59. The Hall–Kier alpha value is -1.52. The van der Waals surface area contributed by atoms with Gasteiger partial charge < -0.3 is 0 Å². The third-order valence-corrected chi connectivity index (χ3v) is 3.68. The maximum atomic E-state index is 12.0. The summed E-state index contributed by atoms with van der Waals surface area (Å²) in [6.45, 7) is 0. The number of halogens is 1. The van der Waals surface area contributed by atoms with E-state index in [1.54, 1.807) is 36.4 Å². The van der Waals surface area contributed by atoms with Crippen LogP contribution in [0.3, 0.4) is 0 Å². The molecule has 0 bridgehead atoms. The maximum Gasteiger partial charge on any atom is 0.261 e. The second kappa shape index (κ2) is 4.77. The zero-order valence-electron chi connectivity index (χ0n) is 8.72. The zero-order valence-corrected chi connectivity index (χ0v) is 10.3. The van der Waals surface area contributed by atoms with Crippen molar-refractivity contribution in [3.63, 3.8) is 0 Å². The predicted octanol–water partition coefficient (Wildman–Crippen LogP) is 2.94. The van der Waals surface area contributed by atoms with E-state index in [-0.39, 0.29) is 4.90 Å². The number of nitrogens with one attached hydrogen (secondary N) is 1. The van der Waals surface area contributed by atoms with Gasteiger partial charge in [-0.3, -0.25) is 4.72 Å². The van der Waals surface area contributed by atoms with Gasteiger partial charge in [0.1, 0.15) is 0 Å². The van der Waals surface area contributed by atoms with Crippen LogP contribution in [0.5, 0.6) is 0 Å². The van der Waals surface area contributed by atoms with Gasteiger partial charge in [0.2, 0.25) is 0 Å². The van der Waals surface area contributed by atoms with Crippen molar-refractivity contribution in [1.29, 1.82) is 0 Å². The molecule has 0 aliphatic heterocycles. The molecule has 3 nitrogen and oxygen atoms in total. The van der Waals surface area contributed by atoms with Gasteiger partial charge in [-0.2, -0.15) is 0 Å². The fourth-order valence-corrected chi connectivity index (χ4v) is 2.65. The summed E-state index contributed by atoms with van der Waals surface area (Å²) in [5, 5.41) is 0.382. The molecular weight excluding hydrogens is 258 g/mol. The Morgan fingerprint density at radius 1 is 1.18 bits per heavy atom. The van der Waals surface area contributed by atoms with Gasteiger partial charge in [0.05, 0.1) is 4.90 Å². The zero-order chi connectivity index (χ0) is 12.3. The minimum absolute atomic E-state index is 0.133. The minimum Gasteiger partial charge on any atom is -0.280 e. The lowest BCUT2D eigenvalue weighted by Gasteiger charge is -2.07. The number of anilines is 1. The molecule has 1 radical (unpaired) electrons. The van der Waals surface area contributed by atoms with E-state index in [1.165, 1.54) is 12.1 Å². The number of rotatable bonds is 3. The largest absolute Gasteiger partial charge is 0.280 e. The first-order chi connectivity index (χ1) is 8.08. The van der Waals surface area contributed by atoms with Crippen LogP contribution in [0.4, 0.5) is 5.69 Å². The summed E-state index contributed by atoms with van der Waals surface area (Å²) < 4.78 is 26.4. The predicted molar refractivity (Wildman–Crippen MR) is 67.5 cm³/mol. The van der Waals surface area contributed by atoms with Crippen LogP contribution in [0.25, 0.3) is 0 Å². The van der Waals surface area contributed by atoms with Crippen LogP contribution in [0.15, 0.2) is 53.4 Å². The molecule has 0 amide bonds. The monoisotopic (exact) mass is 266 g/mol. The lowest BCUT2D eigenvalue weighted by Crippen LogP contribution is -2.12. The molecule has 0 spiro atoms. The third kappa shape index (κ3) is 2.99. The summed E-state index contributed by atoms with van der Waals surface area (Å²) >= 11 is 5.76. The van der Waals surface area contributed by atoms with Gasteiger partial charge >= 0.3 is 0 Å². The molecule has 5 heteroatoms. The van der Waals surface area contributed by atoms with Gasteiger partial charge in [0, 0.05) is 10.7 Å². The second-order valence-electron chi connectivity index (χ2n) is 3.36. The normalized spacial score (nSPS) is 11.1. The summed E-state index contributed by atoms with van der Waals surface area (Å²) in [5.41, 5.74) is 0.465. The van der Waals surface area contributed by atoms with Gasteiger partial charge in [0.25, 0.3) is 10.0 Å². The standard InChI is InChI=1S/C12H9ClNO2S/c13-10-5-4-8-12(9-10)17(15,16)14-11-6-2-1-3-7-11/h1-2,4-9,14H. The third-order valence-electron chi connectivity index (χ3n) is 2.07. The highest BCUT2D eigenvalue weighted by molar-refractivity contribution is 7.92. The molecule has 0 saturated heterocycles. The van der Waals surface area contributed by atoms with Gasteiger partial charge in [-0.25, -0.2) is 8.42 Å².